The molecule has 8 heteroatoms. The molecule has 4 aliphatic rings. The van der Waals surface area contributed by atoms with E-state index in [4.69, 9.17) is 0 Å². The van der Waals surface area contributed by atoms with E-state index in [1.807, 2.05) is 94.1 Å². The fourth-order valence-electron chi connectivity index (χ4n) is 5.77. The van der Waals surface area contributed by atoms with Gasteiger partial charge in [-0.15, -0.1) is 0 Å². The zero-order valence-corrected chi connectivity index (χ0v) is 38.7. The Hall–Kier alpha value is -0.840. The van der Waals surface area contributed by atoms with E-state index < -0.39 is 0 Å². The first-order chi connectivity index (χ1) is 24.2. The minimum Gasteiger partial charge on any atom is -0.0798 e. The molecule has 0 aromatic heterocycles. The van der Waals surface area contributed by atoms with Crippen LogP contribution in [0.2, 0.25) is 0 Å². The highest BCUT2D eigenvalue weighted by Gasteiger charge is 2.31. The molecule has 0 spiro atoms. The quantitative estimate of drug-likeness (QED) is 0.170. The monoisotopic (exact) mass is 832 g/mol. The molecule has 8 rings (SSSR count). The summed E-state index contributed by atoms with van der Waals surface area (Å²) in [6.07, 6.45) is 0. The Morgan fingerprint density at radius 1 is 0.250 bits per heavy atom. The summed E-state index contributed by atoms with van der Waals surface area (Å²) >= 11 is 15.5. The second-order valence-corrected chi connectivity index (χ2v) is 27.1. The molecule has 0 atom stereocenters. The zero-order chi connectivity index (χ0) is 37.4. The van der Waals surface area contributed by atoms with Crippen molar-refractivity contribution in [3.05, 3.63) is 112 Å². The van der Waals surface area contributed by atoms with Gasteiger partial charge in [0.05, 0.1) is 16.9 Å². The largest absolute Gasteiger partial charge is 0.0798 e. The van der Waals surface area contributed by atoms with E-state index in [2.05, 4.69) is 156 Å². The van der Waals surface area contributed by atoms with E-state index in [1.54, 1.807) is 0 Å². The molecule has 4 aromatic rings. The van der Waals surface area contributed by atoms with Crippen LogP contribution in [0.15, 0.2) is 129 Å². The van der Waals surface area contributed by atoms with Crippen LogP contribution >= 0.6 is 94.1 Å². The van der Waals surface area contributed by atoms with E-state index in [0.29, 0.717) is 0 Å². The average Bonchev–Trinajstić information content (AvgIpc) is 3.85. The maximum atomic E-state index is 2.38. The van der Waals surface area contributed by atoms with E-state index in [0.717, 1.165) is 0 Å². The molecule has 0 fully saturated rings. The minimum absolute atomic E-state index is 0.201. The third-order valence-electron chi connectivity index (χ3n) is 9.19. The summed E-state index contributed by atoms with van der Waals surface area (Å²) in [4.78, 5) is 11.3. The molecule has 0 nitrogen and oxygen atoms in total. The Kier molecular flexibility index (Phi) is 11.1. The highest BCUT2D eigenvalue weighted by Crippen LogP contribution is 2.63. The van der Waals surface area contributed by atoms with Gasteiger partial charge in [-0.25, -0.2) is 0 Å². The summed E-state index contributed by atoms with van der Waals surface area (Å²) in [6, 6.07) is 27.9. The lowest BCUT2D eigenvalue weighted by atomic mass is 9.87. The van der Waals surface area contributed by atoms with Gasteiger partial charge < -0.3 is 0 Å². The molecule has 0 bridgehead atoms. The maximum Gasteiger partial charge on any atom is 0.0706 e. The summed E-state index contributed by atoms with van der Waals surface area (Å²) in [5, 5.41) is 0. The standard InChI is InChI=1S/2C22H24S4/c2*1-21(2,3)13-7-9-15-17(11-13)25-19(23-15)20-24-16-10-8-14(22(4,5)6)12-18(16)26-20/h2*7-12H,1-6H3/b2*20-19+. The number of hydrogen-bond donors (Lipinski definition) is 0. The average molecular weight is 833 g/mol. The van der Waals surface area contributed by atoms with Gasteiger partial charge in [-0.3, -0.25) is 0 Å². The second kappa shape index (κ2) is 14.6. The smallest absolute Gasteiger partial charge is 0.0706 e. The summed E-state index contributed by atoms with van der Waals surface area (Å²) < 4.78 is 5.76. The SMILES string of the molecule is CC(C)(C)c1ccc2c(c1)S/C(=C1\Sc3ccc(C(C)(C)C)cc3S1)S2.CC(C)(C)c1ccc2c(c1)S/C(=C1\Sc3ccc(C(C)(C)C)cc3S1)S2. The van der Waals surface area contributed by atoms with Crippen molar-refractivity contribution >= 4 is 94.1 Å². The fourth-order valence-corrected chi connectivity index (χ4v) is 16.5. The van der Waals surface area contributed by atoms with Gasteiger partial charge >= 0.3 is 0 Å². The van der Waals surface area contributed by atoms with Gasteiger partial charge in [0.1, 0.15) is 0 Å². The first-order valence-corrected chi connectivity index (χ1v) is 24.3. The van der Waals surface area contributed by atoms with Gasteiger partial charge in [0, 0.05) is 39.2 Å². The predicted molar refractivity (Wildman–Crippen MR) is 241 cm³/mol. The van der Waals surface area contributed by atoms with E-state index in [9.17, 15) is 0 Å². The molecule has 0 unspecified atom stereocenters. The number of hydrogen-bond acceptors (Lipinski definition) is 8. The predicted octanol–water partition coefficient (Wildman–Crippen LogP) is 17.0. The Labute approximate surface area is 346 Å². The van der Waals surface area contributed by atoms with Gasteiger partial charge in [0.15, 0.2) is 0 Å². The summed E-state index contributed by atoms with van der Waals surface area (Å²) in [6.45, 7) is 27.4. The van der Waals surface area contributed by atoms with E-state index in [-0.39, 0.29) is 21.7 Å². The molecule has 52 heavy (non-hydrogen) atoms. The first kappa shape index (κ1) is 39.4. The summed E-state index contributed by atoms with van der Waals surface area (Å²) in [7, 11) is 0. The lowest BCUT2D eigenvalue weighted by Crippen LogP contribution is -2.10. The van der Waals surface area contributed by atoms with Crippen LogP contribution in [0.25, 0.3) is 0 Å². The maximum absolute atomic E-state index is 2.38. The normalized spacial score (nSPS) is 19.6. The van der Waals surface area contributed by atoms with Crippen molar-refractivity contribution in [2.24, 2.45) is 0 Å². The Bertz CT molecular complexity index is 1820. The molecule has 0 saturated heterocycles. The van der Waals surface area contributed by atoms with Crippen LogP contribution in [0.4, 0.5) is 0 Å². The Morgan fingerprint density at radius 3 is 0.596 bits per heavy atom. The molecule has 0 amide bonds. The molecule has 4 heterocycles. The van der Waals surface area contributed by atoms with Crippen LogP contribution in [0.3, 0.4) is 0 Å². The van der Waals surface area contributed by atoms with Crippen molar-refractivity contribution in [2.45, 2.75) is 144 Å². The third-order valence-corrected chi connectivity index (χ3v) is 20.4. The Balaban J connectivity index is 0.000000162. The van der Waals surface area contributed by atoms with Gasteiger partial charge in [0.25, 0.3) is 0 Å². The van der Waals surface area contributed by atoms with Crippen LogP contribution in [-0.4, -0.2) is 0 Å². The third kappa shape index (κ3) is 8.60. The van der Waals surface area contributed by atoms with Gasteiger partial charge in [-0.05, 0) is 92.4 Å². The van der Waals surface area contributed by atoms with E-state index in [1.165, 1.54) is 78.4 Å². The van der Waals surface area contributed by atoms with Gasteiger partial charge in [0.2, 0.25) is 0 Å². The highest BCUT2D eigenvalue weighted by atomic mass is 32.2. The van der Waals surface area contributed by atoms with E-state index >= 15 is 0 Å². The zero-order valence-electron chi connectivity index (χ0n) is 32.2. The molecule has 0 N–H and O–H groups in total. The van der Waals surface area contributed by atoms with Crippen molar-refractivity contribution < 1.29 is 0 Å². The number of rotatable bonds is 0. The molecule has 4 aromatic carbocycles. The topological polar surface area (TPSA) is 0 Å². The Morgan fingerprint density at radius 2 is 0.423 bits per heavy atom. The van der Waals surface area contributed by atoms with Crippen molar-refractivity contribution in [2.75, 3.05) is 0 Å². The molecule has 272 valence electrons. The van der Waals surface area contributed by atoms with Gasteiger partial charge in [-0.2, -0.15) is 0 Å². The van der Waals surface area contributed by atoms with Crippen LogP contribution in [-0.2, 0) is 21.7 Å². The van der Waals surface area contributed by atoms with Crippen molar-refractivity contribution in [3.8, 4) is 0 Å². The number of benzene rings is 4. The minimum atomic E-state index is 0.201. The molecular weight excluding hydrogens is 785 g/mol. The lowest BCUT2D eigenvalue weighted by molar-refractivity contribution is 0.587. The van der Waals surface area contributed by atoms with Crippen molar-refractivity contribution in [1.29, 1.82) is 0 Å². The van der Waals surface area contributed by atoms with Crippen LogP contribution in [0.1, 0.15) is 105 Å². The van der Waals surface area contributed by atoms with Crippen molar-refractivity contribution in [3.63, 3.8) is 0 Å². The fraction of sp³-hybridized carbons (Fsp3) is 0.364. The van der Waals surface area contributed by atoms with Crippen LogP contribution in [0.5, 0.6) is 0 Å². The second-order valence-electron chi connectivity index (χ2n) is 17.6. The highest BCUT2D eigenvalue weighted by molar-refractivity contribution is 8.31. The number of fused-ring (bicyclic) bond motifs is 4. The van der Waals surface area contributed by atoms with Crippen LogP contribution in [0, 0.1) is 0 Å². The summed E-state index contributed by atoms with van der Waals surface area (Å²) in [5.74, 6) is 0. The molecule has 0 radical (unpaired) electrons. The van der Waals surface area contributed by atoms with Crippen LogP contribution < -0.4 is 0 Å². The lowest BCUT2D eigenvalue weighted by Gasteiger charge is -2.19. The summed E-state index contributed by atoms with van der Waals surface area (Å²) in [5.41, 5.74) is 6.47. The molecule has 4 aliphatic heterocycles. The molecular formula is C44H48S8. The first-order valence-electron chi connectivity index (χ1n) is 17.7. The molecule has 0 saturated carbocycles. The molecule has 0 aliphatic carbocycles. The number of thioether (sulfide) groups is 8. The van der Waals surface area contributed by atoms with Gasteiger partial charge in [-0.1, -0.05) is 201 Å². The van der Waals surface area contributed by atoms with Crippen molar-refractivity contribution in [1.82, 2.24) is 0 Å².